The van der Waals surface area contributed by atoms with E-state index in [2.05, 4.69) is 60.7 Å². The van der Waals surface area contributed by atoms with Crippen molar-refractivity contribution in [3.63, 3.8) is 0 Å². The highest BCUT2D eigenvalue weighted by atomic mass is 28.4. The van der Waals surface area contributed by atoms with E-state index in [1.807, 2.05) is 6.08 Å². The van der Waals surface area contributed by atoms with E-state index >= 15 is 0 Å². The number of carbonyl (C=O) groups is 1. The molecule has 0 aromatic carbocycles. The van der Waals surface area contributed by atoms with Crippen LogP contribution in [0.15, 0.2) is 23.3 Å². The first-order valence-corrected chi connectivity index (χ1v) is 13.9. The molecule has 152 valence electrons. The van der Waals surface area contributed by atoms with Crippen molar-refractivity contribution in [1.82, 2.24) is 0 Å². The third kappa shape index (κ3) is 3.79. The average Bonchev–Trinajstić information content (AvgIpc) is 2.55. The van der Waals surface area contributed by atoms with Crippen LogP contribution in [-0.4, -0.2) is 20.2 Å². The molecule has 0 heterocycles. The Hall–Kier alpha value is -0.673. The molecule has 3 unspecified atom stereocenters. The van der Waals surface area contributed by atoms with Crippen molar-refractivity contribution in [2.45, 2.75) is 97.9 Å². The molecule has 0 saturated heterocycles. The standard InChI is InChI=1S/C24H40O2Si/c1-9-16-14-17-10-11-18-22(21(17)19(25)15-16)20(12-13-24(18,5)6)26-27(7,8)23(2,3)4/h11,15,17,20-22H,9-10,12-14H2,1-8H3/t17?,20-,21?,22?/m1/s1. The predicted molar refractivity (Wildman–Crippen MR) is 116 cm³/mol. The van der Waals surface area contributed by atoms with Gasteiger partial charge >= 0.3 is 0 Å². The number of rotatable bonds is 3. The molecule has 4 atom stereocenters. The first-order chi connectivity index (χ1) is 12.4. The van der Waals surface area contributed by atoms with Crippen molar-refractivity contribution < 1.29 is 9.22 Å². The van der Waals surface area contributed by atoms with E-state index in [0.29, 0.717) is 11.7 Å². The third-order valence-electron chi connectivity index (χ3n) is 8.04. The molecule has 3 aliphatic rings. The van der Waals surface area contributed by atoms with Gasteiger partial charge in [-0.15, -0.1) is 0 Å². The summed E-state index contributed by atoms with van der Waals surface area (Å²) in [7, 11) is -1.87. The Morgan fingerprint density at radius 2 is 1.89 bits per heavy atom. The second-order valence-corrected chi connectivity index (χ2v) is 16.1. The summed E-state index contributed by atoms with van der Waals surface area (Å²) in [5.74, 6) is 1.27. The van der Waals surface area contributed by atoms with Crippen molar-refractivity contribution in [2.75, 3.05) is 0 Å². The number of fused-ring (bicyclic) bond motifs is 3. The molecular formula is C24H40O2Si. The van der Waals surface area contributed by atoms with E-state index in [-0.39, 0.29) is 28.4 Å². The molecule has 1 fully saturated rings. The molecule has 1 saturated carbocycles. The highest BCUT2D eigenvalue weighted by Gasteiger charge is 2.52. The predicted octanol–water partition coefficient (Wildman–Crippen LogP) is 6.68. The Kier molecular flexibility index (Phi) is 5.44. The highest BCUT2D eigenvalue weighted by Crippen LogP contribution is 2.55. The van der Waals surface area contributed by atoms with E-state index in [9.17, 15) is 4.79 Å². The number of hydrogen-bond acceptors (Lipinski definition) is 2. The Bertz CT molecular complexity index is 662. The molecule has 3 aliphatic carbocycles. The minimum Gasteiger partial charge on any atom is -0.413 e. The second-order valence-electron chi connectivity index (χ2n) is 11.3. The number of hydrogen-bond donors (Lipinski definition) is 0. The first-order valence-electron chi connectivity index (χ1n) is 11.0. The summed E-state index contributed by atoms with van der Waals surface area (Å²) in [6.45, 7) is 18.6. The SMILES string of the molecule is CCC1=CC(=O)C2C(CC=C3C2[C@H](O[Si](C)(C)C(C)(C)C)CCC3(C)C)C1. The molecule has 0 radical (unpaired) electrons. The van der Waals surface area contributed by atoms with Crippen LogP contribution in [0.1, 0.15) is 73.6 Å². The van der Waals surface area contributed by atoms with Crippen LogP contribution < -0.4 is 0 Å². The molecule has 0 bridgehead atoms. The van der Waals surface area contributed by atoms with Gasteiger partial charge in [-0.3, -0.25) is 4.79 Å². The Balaban J connectivity index is 1.98. The van der Waals surface area contributed by atoms with Crippen LogP contribution in [0.25, 0.3) is 0 Å². The topological polar surface area (TPSA) is 26.3 Å². The fourth-order valence-electron chi connectivity index (χ4n) is 5.28. The van der Waals surface area contributed by atoms with Gasteiger partial charge in [0.15, 0.2) is 14.1 Å². The fraction of sp³-hybridized carbons (Fsp3) is 0.792. The molecule has 2 nitrogen and oxygen atoms in total. The largest absolute Gasteiger partial charge is 0.413 e. The summed E-state index contributed by atoms with van der Waals surface area (Å²) < 4.78 is 6.98. The normalized spacial score (nSPS) is 33.7. The number of ketones is 1. The second kappa shape index (κ2) is 6.98. The van der Waals surface area contributed by atoms with Gasteiger partial charge in [0.2, 0.25) is 0 Å². The van der Waals surface area contributed by atoms with E-state index in [4.69, 9.17) is 4.43 Å². The van der Waals surface area contributed by atoms with Crippen LogP contribution in [0, 0.1) is 23.2 Å². The Labute approximate surface area is 168 Å². The smallest absolute Gasteiger partial charge is 0.192 e. The maximum Gasteiger partial charge on any atom is 0.192 e. The summed E-state index contributed by atoms with van der Waals surface area (Å²) >= 11 is 0. The third-order valence-corrected chi connectivity index (χ3v) is 12.5. The van der Waals surface area contributed by atoms with Crippen LogP contribution in [0.3, 0.4) is 0 Å². The first kappa shape index (κ1) is 21.0. The van der Waals surface area contributed by atoms with Gasteiger partial charge in [-0.05, 0) is 67.6 Å². The molecule has 3 heteroatoms. The zero-order chi connectivity index (χ0) is 20.2. The Morgan fingerprint density at radius 3 is 2.48 bits per heavy atom. The molecule has 0 aliphatic heterocycles. The van der Waals surface area contributed by atoms with E-state index in [1.54, 1.807) is 0 Å². The molecule has 0 N–H and O–H groups in total. The summed E-state index contributed by atoms with van der Waals surface area (Å²) in [6.07, 6.45) is 10.1. The molecular weight excluding hydrogens is 348 g/mol. The number of carbonyl (C=O) groups excluding carboxylic acids is 1. The lowest BCUT2D eigenvalue weighted by atomic mass is 9.55. The summed E-state index contributed by atoms with van der Waals surface area (Å²) in [5, 5.41) is 0.198. The van der Waals surface area contributed by atoms with Gasteiger partial charge in [0.05, 0.1) is 6.10 Å². The molecule has 0 aromatic rings. The molecule has 0 amide bonds. The lowest BCUT2D eigenvalue weighted by molar-refractivity contribution is -0.125. The molecule has 0 aromatic heterocycles. The summed E-state index contributed by atoms with van der Waals surface area (Å²) in [5.41, 5.74) is 3.05. The zero-order valence-electron chi connectivity index (χ0n) is 18.8. The van der Waals surface area contributed by atoms with Crippen molar-refractivity contribution in [1.29, 1.82) is 0 Å². The van der Waals surface area contributed by atoms with Crippen molar-refractivity contribution in [2.24, 2.45) is 23.2 Å². The quantitative estimate of drug-likeness (QED) is 0.398. The van der Waals surface area contributed by atoms with Gasteiger partial charge in [-0.2, -0.15) is 0 Å². The zero-order valence-corrected chi connectivity index (χ0v) is 19.8. The maximum absolute atomic E-state index is 13.2. The molecule has 0 spiro atoms. The van der Waals surface area contributed by atoms with Crippen LogP contribution in [0.4, 0.5) is 0 Å². The van der Waals surface area contributed by atoms with Gasteiger partial charge in [0.25, 0.3) is 0 Å². The van der Waals surface area contributed by atoms with Crippen LogP contribution in [-0.2, 0) is 9.22 Å². The summed E-state index contributed by atoms with van der Waals surface area (Å²) in [4.78, 5) is 13.2. The minimum atomic E-state index is -1.87. The van der Waals surface area contributed by atoms with Crippen molar-refractivity contribution in [3.8, 4) is 0 Å². The maximum atomic E-state index is 13.2. The van der Waals surface area contributed by atoms with Gasteiger partial charge in [-0.25, -0.2) is 0 Å². The van der Waals surface area contributed by atoms with Gasteiger partial charge in [-0.1, -0.05) is 58.8 Å². The molecule has 3 rings (SSSR count). The van der Waals surface area contributed by atoms with Gasteiger partial charge in [0, 0.05) is 11.8 Å². The van der Waals surface area contributed by atoms with Crippen LogP contribution in [0.5, 0.6) is 0 Å². The Morgan fingerprint density at radius 1 is 1.22 bits per heavy atom. The molecule has 27 heavy (non-hydrogen) atoms. The van der Waals surface area contributed by atoms with Crippen molar-refractivity contribution in [3.05, 3.63) is 23.3 Å². The van der Waals surface area contributed by atoms with E-state index < -0.39 is 8.32 Å². The van der Waals surface area contributed by atoms with E-state index in [0.717, 1.165) is 32.1 Å². The van der Waals surface area contributed by atoms with Crippen LogP contribution >= 0.6 is 0 Å². The van der Waals surface area contributed by atoms with Gasteiger partial charge < -0.3 is 4.43 Å². The van der Waals surface area contributed by atoms with Crippen LogP contribution in [0.2, 0.25) is 18.1 Å². The lowest BCUT2D eigenvalue weighted by Gasteiger charge is -2.53. The van der Waals surface area contributed by atoms with Crippen molar-refractivity contribution >= 4 is 14.1 Å². The van der Waals surface area contributed by atoms with E-state index in [1.165, 1.54) is 11.1 Å². The highest BCUT2D eigenvalue weighted by molar-refractivity contribution is 6.74. The minimum absolute atomic E-state index is 0.134. The lowest BCUT2D eigenvalue weighted by Crippen LogP contribution is -2.53. The average molecular weight is 389 g/mol. The number of allylic oxidation sites excluding steroid dienone is 3. The van der Waals surface area contributed by atoms with Gasteiger partial charge in [0.1, 0.15) is 0 Å². The summed E-state index contributed by atoms with van der Waals surface area (Å²) in [6, 6.07) is 0. The monoisotopic (exact) mass is 388 g/mol. The fourth-order valence-corrected chi connectivity index (χ4v) is 6.66.